The van der Waals surface area contributed by atoms with Gasteiger partial charge >= 0.3 is 0 Å². The summed E-state index contributed by atoms with van der Waals surface area (Å²) in [6.07, 6.45) is -1.07. The molecule has 1 aliphatic heterocycles. The molecule has 0 aliphatic carbocycles. The quantitative estimate of drug-likeness (QED) is 0.429. The third-order valence-electron chi connectivity index (χ3n) is 5.22. The first-order valence-electron chi connectivity index (χ1n) is 10.0. The second-order valence-corrected chi connectivity index (χ2v) is 9.34. The number of aromatic nitrogens is 1. The van der Waals surface area contributed by atoms with Gasteiger partial charge in [-0.1, -0.05) is 18.2 Å². The summed E-state index contributed by atoms with van der Waals surface area (Å²) in [6.45, 7) is 2.23. The molecule has 3 aromatic rings. The van der Waals surface area contributed by atoms with Crippen LogP contribution in [0.1, 0.15) is 11.3 Å². The number of hydrogen-bond donors (Lipinski definition) is 2. The van der Waals surface area contributed by atoms with Crippen molar-refractivity contribution in [2.24, 2.45) is 0 Å². The molecule has 1 fully saturated rings. The minimum absolute atomic E-state index is 0.0534. The Bertz CT molecular complexity index is 1230. The molecule has 1 aromatic heterocycles. The third-order valence-corrected chi connectivity index (χ3v) is 7.10. The van der Waals surface area contributed by atoms with E-state index in [2.05, 4.69) is 4.98 Å². The van der Waals surface area contributed by atoms with Crippen molar-refractivity contribution < 1.29 is 27.9 Å². The number of aryl methyl sites for hydroxylation is 1. The molecule has 1 amide bonds. The summed E-state index contributed by atoms with van der Waals surface area (Å²) in [5.74, 6) is -0.255. The number of sulfonamides is 1. The predicted octanol–water partition coefficient (Wildman–Crippen LogP) is 2.02. The zero-order chi connectivity index (χ0) is 22.7. The fourth-order valence-electron chi connectivity index (χ4n) is 3.61. The number of carbonyl (C=O) groups excluding carboxylic acids is 1. The number of nitrogens with one attached hydrogen (secondary N) is 1. The summed E-state index contributed by atoms with van der Waals surface area (Å²) in [4.78, 5) is 16.2. The van der Waals surface area contributed by atoms with Gasteiger partial charge in [-0.15, -0.1) is 0 Å². The molecule has 1 unspecified atom stereocenters. The highest BCUT2D eigenvalue weighted by Crippen LogP contribution is 2.24. The molecule has 2 aromatic carbocycles. The average Bonchev–Trinajstić information content (AvgIpc) is 2.82. The topological polar surface area (TPSA) is 118 Å². The number of pyridine rings is 1. The van der Waals surface area contributed by atoms with Crippen LogP contribution in [0.3, 0.4) is 0 Å². The number of ether oxygens (including phenoxy) is 2. The molecule has 1 aliphatic rings. The maximum atomic E-state index is 12.9. The van der Waals surface area contributed by atoms with Crippen LogP contribution in [0.4, 0.5) is 0 Å². The second-order valence-electron chi connectivity index (χ2n) is 7.40. The number of nitrogens with zero attached hydrogens (tertiary/aromatic N) is 2. The summed E-state index contributed by atoms with van der Waals surface area (Å²) in [5, 5.41) is 9.77. The zero-order valence-electron chi connectivity index (χ0n) is 17.4. The normalized spacial score (nSPS) is 17.2. The van der Waals surface area contributed by atoms with Crippen molar-refractivity contribution >= 4 is 26.8 Å². The number of para-hydroxylation sites is 1. The van der Waals surface area contributed by atoms with E-state index in [1.54, 1.807) is 12.1 Å². The maximum absolute atomic E-state index is 12.9. The lowest BCUT2D eigenvalue weighted by molar-refractivity contribution is -0.144. The molecule has 0 saturated carbocycles. The van der Waals surface area contributed by atoms with Crippen LogP contribution in [0, 0.1) is 6.92 Å². The number of morpholine rings is 1. The van der Waals surface area contributed by atoms with E-state index in [0.717, 1.165) is 26.5 Å². The lowest BCUT2D eigenvalue weighted by Gasteiger charge is -2.30. The van der Waals surface area contributed by atoms with Gasteiger partial charge in [0.1, 0.15) is 12.4 Å². The summed E-state index contributed by atoms with van der Waals surface area (Å²) < 4.78 is 38.2. The van der Waals surface area contributed by atoms with Crippen LogP contribution in [-0.2, 0) is 26.2 Å². The van der Waals surface area contributed by atoms with Crippen molar-refractivity contribution in [2.75, 3.05) is 19.7 Å². The Morgan fingerprint density at radius 2 is 2.00 bits per heavy atom. The van der Waals surface area contributed by atoms with Crippen molar-refractivity contribution in [1.82, 2.24) is 14.8 Å². The van der Waals surface area contributed by atoms with E-state index in [1.165, 1.54) is 17.6 Å². The lowest BCUT2D eigenvalue weighted by Crippen LogP contribution is -2.51. The van der Waals surface area contributed by atoms with Crippen molar-refractivity contribution in [3.8, 4) is 5.75 Å². The van der Waals surface area contributed by atoms with Crippen LogP contribution < -0.4 is 10.2 Å². The SMILES string of the molecule is Cc1cc(COc2ccc(S(=O)(=O)N3CCOC(C(=O)NO)C3)cc2)c2ccccc2n1. The van der Waals surface area contributed by atoms with Gasteiger partial charge in [-0.25, -0.2) is 13.9 Å². The van der Waals surface area contributed by atoms with Gasteiger partial charge in [-0.05, 0) is 43.3 Å². The summed E-state index contributed by atoms with van der Waals surface area (Å²) >= 11 is 0. The maximum Gasteiger partial charge on any atom is 0.273 e. The molecular weight excluding hydrogens is 434 g/mol. The van der Waals surface area contributed by atoms with E-state index < -0.39 is 22.0 Å². The lowest BCUT2D eigenvalue weighted by atomic mass is 10.1. The molecule has 0 radical (unpaired) electrons. The molecule has 9 nitrogen and oxygen atoms in total. The van der Waals surface area contributed by atoms with Gasteiger partial charge in [0.05, 0.1) is 17.0 Å². The fraction of sp³-hybridized carbons (Fsp3) is 0.273. The largest absolute Gasteiger partial charge is 0.489 e. The number of carbonyl (C=O) groups is 1. The Kier molecular flexibility index (Phi) is 6.38. The smallest absolute Gasteiger partial charge is 0.273 e. The fourth-order valence-corrected chi connectivity index (χ4v) is 5.03. The molecule has 1 saturated heterocycles. The Morgan fingerprint density at radius 3 is 2.75 bits per heavy atom. The van der Waals surface area contributed by atoms with E-state index in [4.69, 9.17) is 14.7 Å². The number of benzene rings is 2. The molecular formula is C22H23N3O6S. The Balaban J connectivity index is 1.47. The van der Waals surface area contributed by atoms with E-state index in [1.807, 2.05) is 37.3 Å². The molecule has 10 heteroatoms. The van der Waals surface area contributed by atoms with Gasteiger partial charge < -0.3 is 9.47 Å². The molecule has 32 heavy (non-hydrogen) atoms. The summed E-state index contributed by atoms with van der Waals surface area (Å²) in [7, 11) is -3.83. The standard InChI is InChI=1S/C22H23N3O6S/c1-15-12-16(19-4-2-3-5-20(19)23-15)14-31-17-6-8-18(9-7-17)32(28,29)25-10-11-30-21(13-25)22(26)24-27/h2-9,12,21,27H,10-11,13-14H2,1H3,(H,24,26). The Hall–Kier alpha value is -3.05. The number of hydroxylamine groups is 1. The summed E-state index contributed by atoms with van der Waals surface area (Å²) in [6, 6.07) is 15.9. The number of rotatable bonds is 6. The van der Waals surface area contributed by atoms with Crippen LogP contribution in [0.2, 0.25) is 0 Å². The Labute approximate surface area is 185 Å². The first-order valence-corrected chi connectivity index (χ1v) is 11.5. The third kappa shape index (κ3) is 4.58. The summed E-state index contributed by atoms with van der Waals surface area (Å²) in [5.41, 5.74) is 4.27. The monoisotopic (exact) mass is 457 g/mol. The van der Waals surface area contributed by atoms with Crippen LogP contribution >= 0.6 is 0 Å². The number of fused-ring (bicyclic) bond motifs is 1. The first kappa shape index (κ1) is 22.2. The number of hydrogen-bond acceptors (Lipinski definition) is 7. The van der Waals surface area contributed by atoms with Gasteiger partial charge in [0.15, 0.2) is 6.10 Å². The molecule has 1 atom stereocenters. The van der Waals surface area contributed by atoms with Gasteiger partial charge in [-0.3, -0.25) is 15.0 Å². The highest BCUT2D eigenvalue weighted by molar-refractivity contribution is 7.89. The molecule has 0 bridgehead atoms. The first-order chi connectivity index (χ1) is 15.4. The molecule has 4 rings (SSSR count). The van der Waals surface area contributed by atoms with Gasteiger partial charge in [0.25, 0.3) is 5.91 Å². The van der Waals surface area contributed by atoms with E-state index in [-0.39, 0.29) is 24.6 Å². The van der Waals surface area contributed by atoms with Crippen molar-refractivity contribution in [3.63, 3.8) is 0 Å². The van der Waals surface area contributed by atoms with Crippen LogP contribution in [-0.4, -0.2) is 54.6 Å². The van der Waals surface area contributed by atoms with Gasteiger partial charge in [0, 0.05) is 29.7 Å². The van der Waals surface area contributed by atoms with E-state index in [0.29, 0.717) is 12.4 Å². The van der Waals surface area contributed by atoms with E-state index in [9.17, 15) is 13.2 Å². The van der Waals surface area contributed by atoms with Crippen LogP contribution in [0.15, 0.2) is 59.5 Å². The molecule has 2 N–H and O–H groups in total. The molecule has 2 heterocycles. The minimum Gasteiger partial charge on any atom is -0.489 e. The van der Waals surface area contributed by atoms with E-state index >= 15 is 0 Å². The van der Waals surface area contributed by atoms with Gasteiger partial charge in [0.2, 0.25) is 10.0 Å². The second kappa shape index (κ2) is 9.21. The minimum atomic E-state index is -3.83. The van der Waals surface area contributed by atoms with Crippen molar-refractivity contribution in [1.29, 1.82) is 0 Å². The molecule has 168 valence electrons. The number of amides is 1. The zero-order valence-corrected chi connectivity index (χ0v) is 18.2. The molecule has 0 spiro atoms. The predicted molar refractivity (Wildman–Crippen MR) is 116 cm³/mol. The van der Waals surface area contributed by atoms with Crippen molar-refractivity contribution in [2.45, 2.75) is 24.5 Å². The van der Waals surface area contributed by atoms with Gasteiger partial charge in [-0.2, -0.15) is 4.31 Å². The van der Waals surface area contributed by atoms with Crippen molar-refractivity contribution in [3.05, 3.63) is 65.9 Å². The van der Waals surface area contributed by atoms with Crippen LogP contribution in [0.25, 0.3) is 10.9 Å². The Morgan fingerprint density at radius 1 is 1.25 bits per heavy atom. The highest BCUT2D eigenvalue weighted by atomic mass is 32.2. The average molecular weight is 458 g/mol. The highest BCUT2D eigenvalue weighted by Gasteiger charge is 2.34. The van der Waals surface area contributed by atoms with Crippen LogP contribution in [0.5, 0.6) is 5.75 Å².